The number of thiazole rings is 1. The van der Waals surface area contributed by atoms with Crippen molar-refractivity contribution >= 4 is 39.1 Å². The molecule has 9 heteroatoms. The molecule has 0 aliphatic carbocycles. The van der Waals surface area contributed by atoms with E-state index in [1.54, 1.807) is 17.1 Å². The van der Waals surface area contributed by atoms with Crippen LogP contribution in [0.2, 0.25) is 0 Å². The fourth-order valence-corrected chi connectivity index (χ4v) is 3.26. The van der Waals surface area contributed by atoms with Gasteiger partial charge < -0.3 is 4.57 Å². The molecule has 0 aliphatic heterocycles. The number of imidazole rings is 2. The molecule has 3 heterocycles. The lowest BCUT2D eigenvalue weighted by atomic mass is 10.3. The molecule has 2 amide bonds. The maximum atomic E-state index is 12.0. The van der Waals surface area contributed by atoms with E-state index < -0.39 is 0 Å². The highest BCUT2D eigenvalue weighted by atomic mass is 32.1. The van der Waals surface area contributed by atoms with Gasteiger partial charge in [-0.3, -0.25) is 24.8 Å². The fourth-order valence-electron chi connectivity index (χ4n) is 2.54. The number of hydrogen-bond donors (Lipinski definition) is 2. The molecule has 8 nitrogen and oxygen atoms in total. The molecule has 0 saturated heterocycles. The zero-order valence-electron chi connectivity index (χ0n) is 13.0. The molecule has 4 aromatic rings. The summed E-state index contributed by atoms with van der Waals surface area (Å²) in [5, 5.41) is 1.92. The van der Waals surface area contributed by atoms with Crippen molar-refractivity contribution in [3.63, 3.8) is 0 Å². The van der Waals surface area contributed by atoms with Crippen molar-refractivity contribution < 1.29 is 9.59 Å². The Morgan fingerprint density at radius 2 is 2.00 bits per heavy atom. The minimum absolute atomic E-state index is 0.0704. The first kappa shape index (κ1) is 15.3. The number of fused-ring (bicyclic) bond motifs is 2. The number of carbonyl (C=O) groups is 2. The van der Waals surface area contributed by atoms with Gasteiger partial charge in [0.1, 0.15) is 6.54 Å². The van der Waals surface area contributed by atoms with Gasteiger partial charge >= 0.3 is 0 Å². The fraction of sp³-hybridized carbons (Fsp3) is 0.125. The second-order valence-electron chi connectivity index (χ2n) is 5.46. The number of nitrogens with one attached hydrogen (secondary N) is 2. The number of aromatic nitrogens is 4. The van der Waals surface area contributed by atoms with Crippen molar-refractivity contribution in [1.82, 2.24) is 29.8 Å². The minimum atomic E-state index is -0.331. The summed E-state index contributed by atoms with van der Waals surface area (Å²) in [6, 6.07) is 7.54. The Morgan fingerprint density at radius 3 is 2.88 bits per heavy atom. The Hall–Kier alpha value is -3.20. The summed E-state index contributed by atoms with van der Waals surface area (Å²) in [6.07, 6.45) is 5.38. The van der Waals surface area contributed by atoms with Crippen molar-refractivity contribution in [3.8, 4) is 0 Å². The zero-order valence-corrected chi connectivity index (χ0v) is 13.9. The zero-order chi connectivity index (χ0) is 17.2. The van der Waals surface area contributed by atoms with Crippen LogP contribution in [0.4, 0.5) is 0 Å². The van der Waals surface area contributed by atoms with Gasteiger partial charge in [0.25, 0.3) is 5.91 Å². The minimum Gasteiger partial charge on any atom is -0.321 e. The number of para-hydroxylation sites is 2. The second-order valence-corrected chi connectivity index (χ2v) is 6.33. The topological polar surface area (TPSA) is 93.3 Å². The number of hydrazine groups is 1. The SMILES string of the molecule is O=C(Cc1cn2ccsc2n1)NNC(=O)Cn1cnc2ccccc21. The summed E-state index contributed by atoms with van der Waals surface area (Å²) < 4.78 is 3.58. The quantitative estimate of drug-likeness (QED) is 0.538. The van der Waals surface area contributed by atoms with Gasteiger partial charge in [0.15, 0.2) is 4.96 Å². The van der Waals surface area contributed by atoms with Gasteiger partial charge in [-0.1, -0.05) is 12.1 Å². The van der Waals surface area contributed by atoms with Crippen LogP contribution in [0.1, 0.15) is 5.69 Å². The molecule has 0 spiro atoms. The summed E-state index contributed by atoms with van der Waals surface area (Å²) in [4.78, 5) is 33.3. The van der Waals surface area contributed by atoms with Gasteiger partial charge in [-0.15, -0.1) is 11.3 Å². The van der Waals surface area contributed by atoms with Crippen LogP contribution < -0.4 is 10.9 Å². The summed E-state index contributed by atoms with van der Waals surface area (Å²) >= 11 is 1.50. The molecule has 0 saturated carbocycles. The lowest BCUT2D eigenvalue weighted by Crippen LogP contribution is -2.43. The molecule has 126 valence electrons. The average Bonchev–Trinajstić information content (AvgIpc) is 3.28. The smallest absolute Gasteiger partial charge is 0.258 e. The first-order chi connectivity index (χ1) is 12.2. The molecule has 0 bridgehead atoms. The van der Waals surface area contributed by atoms with Gasteiger partial charge in [-0.05, 0) is 12.1 Å². The first-order valence-electron chi connectivity index (χ1n) is 7.58. The third-order valence-corrected chi connectivity index (χ3v) is 4.44. The van der Waals surface area contributed by atoms with Crippen LogP contribution in [0.25, 0.3) is 16.0 Å². The van der Waals surface area contributed by atoms with Gasteiger partial charge in [-0.25, -0.2) is 9.97 Å². The third kappa shape index (κ3) is 3.22. The largest absolute Gasteiger partial charge is 0.321 e. The van der Waals surface area contributed by atoms with Gasteiger partial charge in [0.2, 0.25) is 5.91 Å². The first-order valence-corrected chi connectivity index (χ1v) is 8.45. The lowest BCUT2D eigenvalue weighted by molar-refractivity contribution is -0.128. The molecule has 3 aromatic heterocycles. The summed E-state index contributed by atoms with van der Waals surface area (Å²) in [7, 11) is 0. The van der Waals surface area contributed by atoms with Crippen LogP contribution in [0.5, 0.6) is 0 Å². The Morgan fingerprint density at radius 1 is 1.16 bits per heavy atom. The van der Waals surface area contributed by atoms with E-state index >= 15 is 0 Å². The van der Waals surface area contributed by atoms with E-state index in [0.717, 1.165) is 16.0 Å². The van der Waals surface area contributed by atoms with E-state index in [4.69, 9.17) is 0 Å². The highest BCUT2D eigenvalue weighted by Crippen LogP contribution is 2.12. The molecule has 0 fully saturated rings. The third-order valence-electron chi connectivity index (χ3n) is 3.67. The summed E-state index contributed by atoms with van der Waals surface area (Å²) in [6.45, 7) is 0.0704. The highest BCUT2D eigenvalue weighted by molar-refractivity contribution is 7.15. The molecule has 2 N–H and O–H groups in total. The van der Waals surface area contributed by atoms with Crippen LogP contribution in [0, 0.1) is 0 Å². The monoisotopic (exact) mass is 354 g/mol. The predicted molar refractivity (Wildman–Crippen MR) is 92.8 cm³/mol. The number of carbonyl (C=O) groups excluding carboxylic acids is 2. The number of hydrogen-bond acceptors (Lipinski definition) is 5. The lowest BCUT2D eigenvalue weighted by Gasteiger charge is -2.07. The summed E-state index contributed by atoms with van der Waals surface area (Å²) in [5.74, 6) is -0.656. The van der Waals surface area contributed by atoms with Crippen LogP contribution >= 0.6 is 11.3 Å². The van der Waals surface area contributed by atoms with Crippen molar-refractivity contribution in [2.75, 3.05) is 0 Å². The molecular formula is C16H14N6O2S. The standard InChI is InChI=1S/C16H14N6O2S/c23-14(7-11-8-21-5-6-25-16(21)18-11)19-20-15(24)9-22-10-17-12-3-1-2-4-13(12)22/h1-6,8,10H,7,9H2,(H,19,23)(H,20,24). The van der Waals surface area contributed by atoms with E-state index in [-0.39, 0.29) is 24.8 Å². The highest BCUT2D eigenvalue weighted by Gasteiger charge is 2.11. The van der Waals surface area contributed by atoms with Crippen LogP contribution in [0.3, 0.4) is 0 Å². The van der Waals surface area contributed by atoms with Gasteiger partial charge in [0.05, 0.1) is 29.5 Å². The van der Waals surface area contributed by atoms with E-state index in [1.807, 2.05) is 40.2 Å². The van der Waals surface area contributed by atoms with Gasteiger partial charge in [0, 0.05) is 17.8 Å². The predicted octanol–water partition coefficient (Wildman–Crippen LogP) is 1.14. The number of nitrogens with zero attached hydrogens (tertiary/aromatic N) is 4. The maximum absolute atomic E-state index is 12.0. The van der Waals surface area contributed by atoms with Crippen molar-refractivity contribution in [3.05, 3.63) is 54.1 Å². The number of rotatable bonds is 4. The summed E-state index contributed by atoms with van der Waals surface area (Å²) in [5.41, 5.74) is 7.16. The molecule has 25 heavy (non-hydrogen) atoms. The van der Waals surface area contributed by atoms with Gasteiger partial charge in [-0.2, -0.15) is 0 Å². The van der Waals surface area contributed by atoms with Crippen molar-refractivity contribution in [1.29, 1.82) is 0 Å². The molecule has 0 unspecified atom stereocenters. The molecule has 1 aromatic carbocycles. The Kier molecular flexibility index (Phi) is 3.90. The van der Waals surface area contributed by atoms with Crippen molar-refractivity contribution in [2.24, 2.45) is 0 Å². The molecular weight excluding hydrogens is 340 g/mol. The van der Waals surface area contributed by atoms with E-state index in [2.05, 4.69) is 20.8 Å². The number of amides is 2. The van der Waals surface area contributed by atoms with E-state index in [9.17, 15) is 9.59 Å². The van der Waals surface area contributed by atoms with E-state index in [0.29, 0.717) is 5.69 Å². The Balaban J connectivity index is 1.32. The van der Waals surface area contributed by atoms with Crippen LogP contribution in [-0.4, -0.2) is 30.8 Å². The molecule has 0 radical (unpaired) electrons. The van der Waals surface area contributed by atoms with Crippen LogP contribution in [-0.2, 0) is 22.6 Å². The average molecular weight is 354 g/mol. The molecule has 0 aliphatic rings. The second kappa shape index (κ2) is 6.36. The molecule has 4 rings (SSSR count). The Bertz CT molecular complexity index is 1030. The normalized spacial score (nSPS) is 11.0. The maximum Gasteiger partial charge on any atom is 0.258 e. The van der Waals surface area contributed by atoms with Crippen LogP contribution in [0.15, 0.2) is 48.4 Å². The Labute approximate surface area is 146 Å². The molecule has 0 atom stereocenters. The number of benzene rings is 1. The van der Waals surface area contributed by atoms with Crippen molar-refractivity contribution in [2.45, 2.75) is 13.0 Å². The van der Waals surface area contributed by atoms with E-state index in [1.165, 1.54) is 11.3 Å².